The first-order chi connectivity index (χ1) is 13.1. The van der Waals surface area contributed by atoms with E-state index in [4.69, 9.17) is 0 Å². The molecular formula is C19H24N6O2. The van der Waals surface area contributed by atoms with E-state index in [1.165, 1.54) is 4.57 Å². The van der Waals surface area contributed by atoms with Gasteiger partial charge in [0.25, 0.3) is 5.56 Å². The predicted molar refractivity (Wildman–Crippen MR) is 107 cm³/mol. The minimum Gasteiger partial charge on any atom is -0.303 e. The van der Waals surface area contributed by atoms with E-state index in [0.29, 0.717) is 23.7 Å². The van der Waals surface area contributed by atoms with E-state index in [0.717, 1.165) is 31.2 Å². The second-order valence-corrected chi connectivity index (χ2v) is 6.42. The van der Waals surface area contributed by atoms with Gasteiger partial charge < -0.3 is 4.57 Å². The van der Waals surface area contributed by atoms with E-state index >= 15 is 0 Å². The van der Waals surface area contributed by atoms with E-state index in [2.05, 4.69) is 27.4 Å². The van der Waals surface area contributed by atoms with Crippen molar-refractivity contribution < 1.29 is 0 Å². The smallest absolute Gasteiger partial charge is 0.303 e. The lowest BCUT2D eigenvalue weighted by molar-refractivity contribution is 0.593. The van der Waals surface area contributed by atoms with E-state index in [1.54, 1.807) is 17.8 Å². The third-order valence-electron chi connectivity index (χ3n) is 4.42. The topological polar surface area (TPSA) is 97.1 Å². The van der Waals surface area contributed by atoms with Gasteiger partial charge in [-0.25, -0.2) is 10.2 Å². The molecule has 1 aromatic carbocycles. The molecule has 0 amide bonds. The average molecular weight is 368 g/mol. The largest absolute Gasteiger partial charge is 0.329 e. The number of benzene rings is 1. The van der Waals surface area contributed by atoms with Crippen molar-refractivity contribution in [3.63, 3.8) is 0 Å². The monoisotopic (exact) mass is 368 g/mol. The highest BCUT2D eigenvalue weighted by molar-refractivity contribution is 5.80. The Morgan fingerprint density at radius 2 is 1.96 bits per heavy atom. The molecule has 27 heavy (non-hydrogen) atoms. The van der Waals surface area contributed by atoms with E-state index in [9.17, 15) is 9.59 Å². The fourth-order valence-corrected chi connectivity index (χ4v) is 2.94. The number of aryl methyl sites for hydroxylation is 2. The summed E-state index contributed by atoms with van der Waals surface area (Å²) in [6.45, 7) is 2.78. The van der Waals surface area contributed by atoms with Crippen molar-refractivity contribution in [1.29, 1.82) is 0 Å². The highest BCUT2D eigenvalue weighted by Crippen LogP contribution is 2.17. The first kappa shape index (κ1) is 18.6. The zero-order chi connectivity index (χ0) is 19.2. The highest BCUT2D eigenvalue weighted by Gasteiger charge is 2.16. The van der Waals surface area contributed by atoms with Gasteiger partial charge in [0.1, 0.15) is 0 Å². The molecule has 142 valence electrons. The number of unbranched alkanes of at least 4 members (excludes halogenated alkanes) is 3. The summed E-state index contributed by atoms with van der Waals surface area (Å²) in [7, 11) is 1.59. The molecule has 0 aliphatic heterocycles. The molecule has 0 fully saturated rings. The fraction of sp³-hybridized carbons (Fsp3) is 0.368. The number of aromatic amines is 1. The van der Waals surface area contributed by atoms with Gasteiger partial charge in [0.05, 0.1) is 6.21 Å². The van der Waals surface area contributed by atoms with Gasteiger partial charge in [0.2, 0.25) is 5.95 Å². The lowest BCUT2D eigenvalue weighted by Crippen LogP contribution is -2.29. The normalized spacial score (nSPS) is 11.5. The van der Waals surface area contributed by atoms with Crippen LogP contribution in [0.3, 0.4) is 0 Å². The van der Waals surface area contributed by atoms with Crippen LogP contribution in [0.25, 0.3) is 11.2 Å². The summed E-state index contributed by atoms with van der Waals surface area (Å²) < 4.78 is 3.14. The summed E-state index contributed by atoms with van der Waals surface area (Å²) in [6.07, 6.45) is 5.93. The predicted octanol–water partition coefficient (Wildman–Crippen LogP) is 2.45. The maximum atomic E-state index is 12.4. The molecule has 0 aliphatic carbocycles. The van der Waals surface area contributed by atoms with Gasteiger partial charge in [-0.3, -0.25) is 14.3 Å². The summed E-state index contributed by atoms with van der Waals surface area (Å²) in [5, 5.41) is 4.24. The van der Waals surface area contributed by atoms with Crippen molar-refractivity contribution in [3.05, 3.63) is 56.7 Å². The van der Waals surface area contributed by atoms with Crippen LogP contribution in [0.4, 0.5) is 5.95 Å². The second kappa shape index (κ2) is 8.48. The number of hydrazone groups is 1. The van der Waals surface area contributed by atoms with Crippen LogP contribution in [0, 0.1) is 0 Å². The number of H-pyrrole nitrogens is 1. The summed E-state index contributed by atoms with van der Waals surface area (Å²) in [6, 6.07) is 9.67. The Kier molecular flexibility index (Phi) is 5.85. The Morgan fingerprint density at radius 3 is 2.70 bits per heavy atom. The van der Waals surface area contributed by atoms with Crippen LogP contribution < -0.4 is 16.7 Å². The van der Waals surface area contributed by atoms with Gasteiger partial charge in [-0.15, -0.1) is 0 Å². The molecule has 0 bridgehead atoms. The first-order valence-electron chi connectivity index (χ1n) is 9.15. The molecule has 8 nitrogen and oxygen atoms in total. The van der Waals surface area contributed by atoms with Crippen LogP contribution in [0.1, 0.15) is 38.2 Å². The minimum atomic E-state index is -0.484. The summed E-state index contributed by atoms with van der Waals surface area (Å²) in [4.78, 5) is 31.0. The Labute approximate surface area is 156 Å². The SMILES string of the molecule is CCCCCCn1c(N/N=C/c2ccccc2)nc2c1c(=O)[nH]c(=O)n2C. The molecule has 0 atom stereocenters. The third-order valence-corrected chi connectivity index (χ3v) is 4.42. The van der Waals surface area contributed by atoms with E-state index in [-0.39, 0.29) is 0 Å². The van der Waals surface area contributed by atoms with Crippen molar-refractivity contribution >= 4 is 23.3 Å². The summed E-state index contributed by atoms with van der Waals surface area (Å²) >= 11 is 0. The van der Waals surface area contributed by atoms with Gasteiger partial charge >= 0.3 is 5.69 Å². The molecule has 2 aromatic heterocycles. The van der Waals surface area contributed by atoms with Crippen molar-refractivity contribution in [3.8, 4) is 0 Å². The van der Waals surface area contributed by atoms with Crippen LogP contribution >= 0.6 is 0 Å². The van der Waals surface area contributed by atoms with Crippen molar-refractivity contribution in [1.82, 2.24) is 19.1 Å². The van der Waals surface area contributed by atoms with Crippen molar-refractivity contribution in [2.24, 2.45) is 12.1 Å². The summed E-state index contributed by atoms with van der Waals surface area (Å²) in [5.74, 6) is 0.445. The number of imidazole rings is 1. The number of hydrogen-bond acceptors (Lipinski definition) is 5. The van der Waals surface area contributed by atoms with Crippen LogP contribution in [0.5, 0.6) is 0 Å². The first-order valence-corrected chi connectivity index (χ1v) is 9.15. The number of aromatic nitrogens is 4. The number of rotatable bonds is 8. The van der Waals surface area contributed by atoms with E-state index < -0.39 is 11.2 Å². The molecule has 0 saturated heterocycles. The number of anilines is 1. The molecule has 3 aromatic rings. The van der Waals surface area contributed by atoms with Crippen LogP contribution in [0.15, 0.2) is 45.0 Å². The average Bonchev–Trinajstić information content (AvgIpc) is 3.03. The zero-order valence-electron chi connectivity index (χ0n) is 15.6. The second-order valence-electron chi connectivity index (χ2n) is 6.42. The third kappa shape index (κ3) is 4.16. The molecule has 0 aliphatic rings. The Balaban J connectivity index is 1.95. The van der Waals surface area contributed by atoms with Gasteiger partial charge in [-0.2, -0.15) is 10.1 Å². The lowest BCUT2D eigenvalue weighted by Gasteiger charge is -2.07. The van der Waals surface area contributed by atoms with Crippen LogP contribution in [0.2, 0.25) is 0 Å². The molecule has 0 spiro atoms. The Bertz CT molecular complexity index is 1050. The molecule has 2 N–H and O–H groups in total. The number of nitrogens with one attached hydrogen (secondary N) is 2. The number of hydrogen-bond donors (Lipinski definition) is 2. The standard InChI is InChI=1S/C19H24N6O2/c1-3-4-5-9-12-25-15-16(24(2)19(27)22-17(15)26)21-18(25)23-20-13-14-10-7-6-8-11-14/h6-8,10-11,13H,3-5,9,12H2,1-2H3,(H,21,23)(H,22,26,27)/b20-13+. The maximum absolute atomic E-state index is 12.4. The molecular weight excluding hydrogens is 344 g/mol. The Morgan fingerprint density at radius 1 is 1.19 bits per heavy atom. The van der Waals surface area contributed by atoms with Crippen LogP contribution in [-0.2, 0) is 13.6 Å². The van der Waals surface area contributed by atoms with Crippen LogP contribution in [-0.4, -0.2) is 25.3 Å². The fourth-order valence-electron chi connectivity index (χ4n) is 2.94. The van der Waals surface area contributed by atoms with Gasteiger partial charge in [0.15, 0.2) is 11.2 Å². The van der Waals surface area contributed by atoms with Gasteiger partial charge in [-0.05, 0) is 12.0 Å². The molecule has 3 rings (SSSR count). The lowest BCUT2D eigenvalue weighted by atomic mass is 10.2. The molecule has 0 saturated carbocycles. The van der Waals surface area contributed by atoms with Crippen molar-refractivity contribution in [2.75, 3.05) is 5.43 Å². The highest BCUT2D eigenvalue weighted by atomic mass is 16.2. The van der Waals surface area contributed by atoms with Gasteiger partial charge in [-0.1, -0.05) is 56.5 Å². The van der Waals surface area contributed by atoms with E-state index in [1.807, 2.05) is 30.3 Å². The zero-order valence-corrected chi connectivity index (χ0v) is 15.6. The molecule has 8 heteroatoms. The molecule has 2 heterocycles. The maximum Gasteiger partial charge on any atom is 0.329 e. The number of nitrogens with zero attached hydrogens (tertiary/aromatic N) is 4. The quantitative estimate of drug-likeness (QED) is 0.362. The summed E-state index contributed by atoms with van der Waals surface area (Å²) in [5.41, 5.74) is 3.67. The minimum absolute atomic E-state index is 0.344. The molecule has 0 radical (unpaired) electrons. The Hall–Kier alpha value is -3.16. The molecule has 0 unspecified atom stereocenters. The number of fused-ring (bicyclic) bond motifs is 1. The van der Waals surface area contributed by atoms with Gasteiger partial charge in [0, 0.05) is 13.6 Å². The van der Waals surface area contributed by atoms with Crippen molar-refractivity contribution in [2.45, 2.75) is 39.2 Å².